The minimum absolute atomic E-state index is 0.0401. The fraction of sp³-hybridized carbons (Fsp3) is 0.385. The molecule has 2 aromatic heterocycles. The molecule has 2 N–H and O–H groups in total. The Morgan fingerprint density at radius 1 is 1.41 bits per heavy atom. The van der Waals surface area contributed by atoms with Crippen LogP contribution in [0.5, 0.6) is 0 Å². The van der Waals surface area contributed by atoms with Crippen molar-refractivity contribution in [1.29, 1.82) is 0 Å². The van der Waals surface area contributed by atoms with E-state index in [2.05, 4.69) is 21.5 Å². The molecule has 4 heteroatoms. The van der Waals surface area contributed by atoms with Gasteiger partial charge in [0.2, 0.25) is 0 Å². The summed E-state index contributed by atoms with van der Waals surface area (Å²) in [5.74, 6) is 1.04. The predicted octanol–water partition coefficient (Wildman–Crippen LogP) is 1.93. The Morgan fingerprint density at radius 3 is 3.00 bits per heavy atom. The van der Waals surface area contributed by atoms with Gasteiger partial charge in [-0.25, -0.2) is 4.98 Å². The van der Waals surface area contributed by atoms with Crippen LogP contribution in [-0.4, -0.2) is 14.5 Å². The van der Waals surface area contributed by atoms with Gasteiger partial charge in [0.25, 0.3) is 0 Å². The van der Waals surface area contributed by atoms with Gasteiger partial charge in [-0.05, 0) is 18.1 Å². The fourth-order valence-corrected chi connectivity index (χ4v) is 1.88. The number of imidazole rings is 1. The topological polar surface area (TPSA) is 56.7 Å². The summed E-state index contributed by atoms with van der Waals surface area (Å²) in [5.41, 5.74) is 7.21. The average molecular weight is 230 g/mol. The molecule has 0 bridgehead atoms. The minimum Gasteiger partial charge on any atom is -0.335 e. The van der Waals surface area contributed by atoms with Crippen LogP contribution in [-0.2, 0) is 13.0 Å². The van der Waals surface area contributed by atoms with E-state index in [1.54, 1.807) is 6.20 Å². The van der Waals surface area contributed by atoms with Crippen molar-refractivity contribution >= 4 is 0 Å². The van der Waals surface area contributed by atoms with Crippen LogP contribution in [0.2, 0.25) is 0 Å². The fourth-order valence-electron chi connectivity index (χ4n) is 1.88. The van der Waals surface area contributed by atoms with Crippen molar-refractivity contribution in [3.63, 3.8) is 0 Å². The van der Waals surface area contributed by atoms with Crippen LogP contribution in [0.4, 0.5) is 0 Å². The first-order valence-electron chi connectivity index (χ1n) is 5.96. The Kier molecular flexibility index (Phi) is 3.88. The predicted molar refractivity (Wildman–Crippen MR) is 67.4 cm³/mol. The summed E-state index contributed by atoms with van der Waals surface area (Å²) < 4.78 is 2.16. The number of aromatic nitrogens is 3. The molecule has 2 rings (SSSR count). The molecule has 1 unspecified atom stereocenters. The van der Waals surface area contributed by atoms with Gasteiger partial charge in [-0.15, -0.1) is 0 Å². The summed E-state index contributed by atoms with van der Waals surface area (Å²) in [5, 5.41) is 0. The second-order valence-corrected chi connectivity index (χ2v) is 4.13. The lowest BCUT2D eigenvalue weighted by Gasteiger charge is -2.12. The van der Waals surface area contributed by atoms with E-state index >= 15 is 0 Å². The van der Waals surface area contributed by atoms with E-state index in [0.717, 1.165) is 30.8 Å². The lowest BCUT2D eigenvalue weighted by molar-refractivity contribution is 0.598. The van der Waals surface area contributed by atoms with Gasteiger partial charge in [0.15, 0.2) is 0 Å². The minimum atomic E-state index is -0.0401. The third-order valence-corrected chi connectivity index (χ3v) is 2.78. The van der Waals surface area contributed by atoms with Gasteiger partial charge in [-0.2, -0.15) is 0 Å². The number of rotatable bonds is 5. The van der Waals surface area contributed by atoms with Crippen LogP contribution in [0.1, 0.15) is 30.8 Å². The molecule has 4 nitrogen and oxygen atoms in total. The van der Waals surface area contributed by atoms with Crippen molar-refractivity contribution in [2.75, 3.05) is 0 Å². The summed E-state index contributed by atoms with van der Waals surface area (Å²) in [4.78, 5) is 8.45. The zero-order chi connectivity index (χ0) is 12.1. The Morgan fingerprint density at radius 2 is 2.29 bits per heavy atom. The lowest BCUT2D eigenvalue weighted by atomic mass is 10.1. The molecule has 1 atom stereocenters. The molecule has 90 valence electrons. The highest BCUT2D eigenvalue weighted by Gasteiger charge is 2.10. The summed E-state index contributed by atoms with van der Waals surface area (Å²) in [7, 11) is 0. The Bertz CT molecular complexity index is 449. The van der Waals surface area contributed by atoms with Gasteiger partial charge in [0.1, 0.15) is 5.82 Å². The third kappa shape index (κ3) is 2.91. The Labute approximate surface area is 102 Å². The quantitative estimate of drug-likeness (QED) is 0.854. The first-order valence-corrected chi connectivity index (χ1v) is 5.96. The average Bonchev–Trinajstić information content (AvgIpc) is 2.78. The lowest BCUT2D eigenvalue weighted by Crippen LogP contribution is -2.16. The van der Waals surface area contributed by atoms with Crippen LogP contribution in [0.25, 0.3) is 0 Å². The third-order valence-electron chi connectivity index (χ3n) is 2.78. The van der Waals surface area contributed by atoms with Gasteiger partial charge in [0, 0.05) is 43.8 Å². The number of hydrogen-bond acceptors (Lipinski definition) is 3. The molecule has 0 saturated heterocycles. The number of pyridine rings is 1. The van der Waals surface area contributed by atoms with Crippen molar-refractivity contribution in [2.24, 2.45) is 5.73 Å². The van der Waals surface area contributed by atoms with Crippen molar-refractivity contribution in [1.82, 2.24) is 14.5 Å². The van der Waals surface area contributed by atoms with Gasteiger partial charge < -0.3 is 10.3 Å². The molecule has 0 radical (unpaired) electrons. The van der Waals surface area contributed by atoms with Crippen molar-refractivity contribution in [3.8, 4) is 0 Å². The molecule has 0 aliphatic heterocycles. The van der Waals surface area contributed by atoms with E-state index in [1.165, 1.54) is 0 Å². The van der Waals surface area contributed by atoms with E-state index in [9.17, 15) is 0 Å². The molecule has 0 aliphatic carbocycles. The smallest absolute Gasteiger partial charge is 0.110 e. The summed E-state index contributed by atoms with van der Waals surface area (Å²) in [6.07, 6.45) is 9.27. The van der Waals surface area contributed by atoms with E-state index in [0.29, 0.717) is 0 Å². The second-order valence-electron chi connectivity index (χ2n) is 4.13. The standard InChI is InChI=1S/C13H18N4/c1-2-7-17-8-6-16-13(17)9-12(14)11-4-3-5-15-10-11/h3-6,8,10,12H,2,7,9,14H2,1H3. The van der Waals surface area contributed by atoms with Crippen molar-refractivity contribution in [2.45, 2.75) is 32.4 Å². The zero-order valence-electron chi connectivity index (χ0n) is 10.1. The maximum absolute atomic E-state index is 6.16. The van der Waals surface area contributed by atoms with E-state index in [4.69, 9.17) is 5.73 Å². The summed E-state index contributed by atoms with van der Waals surface area (Å²) in [6.45, 7) is 3.15. The number of hydrogen-bond donors (Lipinski definition) is 1. The van der Waals surface area contributed by atoms with Gasteiger partial charge in [0.05, 0.1) is 0 Å². The van der Waals surface area contributed by atoms with Crippen LogP contribution >= 0.6 is 0 Å². The molecular formula is C13H18N4. The molecule has 0 saturated carbocycles. The normalized spacial score (nSPS) is 12.6. The summed E-state index contributed by atoms with van der Waals surface area (Å²) >= 11 is 0. The van der Waals surface area contributed by atoms with E-state index < -0.39 is 0 Å². The molecule has 17 heavy (non-hydrogen) atoms. The maximum atomic E-state index is 6.16. The number of aryl methyl sites for hydroxylation is 1. The van der Waals surface area contributed by atoms with Crippen molar-refractivity contribution < 1.29 is 0 Å². The highest BCUT2D eigenvalue weighted by molar-refractivity contribution is 5.15. The van der Waals surface area contributed by atoms with Crippen LogP contribution in [0.3, 0.4) is 0 Å². The number of nitrogens with two attached hydrogens (primary N) is 1. The molecule has 0 amide bonds. The highest BCUT2D eigenvalue weighted by atomic mass is 15.1. The Hall–Kier alpha value is -1.68. The second kappa shape index (κ2) is 5.59. The molecular weight excluding hydrogens is 212 g/mol. The molecule has 0 spiro atoms. The van der Waals surface area contributed by atoms with Gasteiger partial charge >= 0.3 is 0 Å². The molecule has 0 aromatic carbocycles. The molecule has 0 fully saturated rings. The molecule has 0 aliphatic rings. The number of nitrogens with zero attached hydrogens (tertiary/aromatic N) is 3. The maximum Gasteiger partial charge on any atom is 0.110 e. The first-order chi connectivity index (χ1) is 8.31. The van der Waals surface area contributed by atoms with Gasteiger partial charge in [-0.1, -0.05) is 13.0 Å². The monoisotopic (exact) mass is 230 g/mol. The van der Waals surface area contributed by atoms with Gasteiger partial charge in [-0.3, -0.25) is 4.98 Å². The Balaban J connectivity index is 2.08. The van der Waals surface area contributed by atoms with Crippen LogP contribution in [0, 0.1) is 0 Å². The summed E-state index contributed by atoms with van der Waals surface area (Å²) in [6, 6.07) is 3.88. The van der Waals surface area contributed by atoms with E-state index in [1.807, 2.05) is 30.7 Å². The van der Waals surface area contributed by atoms with Crippen LogP contribution < -0.4 is 5.73 Å². The highest BCUT2D eigenvalue weighted by Crippen LogP contribution is 2.14. The first kappa shape index (κ1) is 11.8. The molecule has 2 heterocycles. The van der Waals surface area contributed by atoms with Crippen LogP contribution in [0.15, 0.2) is 36.9 Å². The zero-order valence-corrected chi connectivity index (χ0v) is 10.1. The molecule has 2 aromatic rings. The SMILES string of the molecule is CCCn1ccnc1CC(N)c1cccnc1. The van der Waals surface area contributed by atoms with E-state index in [-0.39, 0.29) is 6.04 Å². The largest absolute Gasteiger partial charge is 0.335 e. The van der Waals surface area contributed by atoms with Crippen molar-refractivity contribution in [3.05, 3.63) is 48.3 Å².